The molecule has 3 rings (SSSR count). The smallest absolute Gasteiger partial charge is 0.265 e. The van der Waals surface area contributed by atoms with Gasteiger partial charge in [0.1, 0.15) is 18.1 Å². The SMILES string of the molecule is C/C=C/c1ccccc1OCc1csc(C(=O)Nc2ccccc2OC)c1. The van der Waals surface area contributed by atoms with Gasteiger partial charge in [0.2, 0.25) is 0 Å². The number of hydrogen-bond donors (Lipinski definition) is 1. The molecule has 4 nitrogen and oxygen atoms in total. The van der Waals surface area contributed by atoms with Crippen LogP contribution in [0.5, 0.6) is 11.5 Å². The second-order valence-electron chi connectivity index (χ2n) is 5.80. The van der Waals surface area contributed by atoms with E-state index in [1.54, 1.807) is 7.11 Å². The molecule has 0 fully saturated rings. The Hall–Kier alpha value is -3.05. The van der Waals surface area contributed by atoms with Gasteiger partial charge in [0.25, 0.3) is 5.91 Å². The summed E-state index contributed by atoms with van der Waals surface area (Å²) in [6.07, 6.45) is 3.99. The molecule has 0 spiro atoms. The van der Waals surface area contributed by atoms with Crippen LogP contribution in [0.1, 0.15) is 27.7 Å². The first-order valence-corrected chi connectivity index (χ1v) is 9.45. The number of hydrogen-bond acceptors (Lipinski definition) is 4. The zero-order valence-corrected chi connectivity index (χ0v) is 16.1. The minimum absolute atomic E-state index is 0.162. The Balaban J connectivity index is 1.65. The number of nitrogens with one attached hydrogen (secondary N) is 1. The largest absolute Gasteiger partial charge is 0.495 e. The quantitative estimate of drug-likeness (QED) is 0.579. The summed E-state index contributed by atoms with van der Waals surface area (Å²) in [7, 11) is 1.58. The second kappa shape index (κ2) is 9.05. The molecule has 0 aliphatic heterocycles. The van der Waals surface area contributed by atoms with Gasteiger partial charge in [0.05, 0.1) is 17.7 Å². The van der Waals surface area contributed by atoms with Crippen molar-refractivity contribution in [1.82, 2.24) is 0 Å². The highest BCUT2D eigenvalue weighted by molar-refractivity contribution is 7.12. The number of rotatable bonds is 7. The van der Waals surface area contributed by atoms with Crippen LogP contribution < -0.4 is 14.8 Å². The van der Waals surface area contributed by atoms with Crippen molar-refractivity contribution >= 4 is 29.0 Å². The number of carbonyl (C=O) groups excluding carboxylic acids is 1. The lowest BCUT2D eigenvalue weighted by Crippen LogP contribution is -2.11. The highest BCUT2D eigenvalue weighted by atomic mass is 32.1. The summed E-state index contributed by atoms with van der Waals surface area (Å²) in [4.78, 5) is 13.1. The van der Waals surface area contributed by atoms with E-state index in [0.29, 0.717) is 22.9 Å². The van der Waals surface area contributed by atoms with Gasteiger partial charge in [-0.15, -0.1) is 11.3 Å². The highest BCUT2D eigenvalue weighted by Gasteiger charge is 2.12. The highest BCUT2D eigenvalue weighted by Crippen LogP contribution is 2.26. The maximum atomic E-state index is 12.5. The van der Waals surface area contributed by atoms with E-state index in [1.165, 1.54) is 11.3 Å². The average Bonchev–Trinajstić information content (AvgIpc) is 3.17. The molecule has 0 radical (unpaired) electrons. The van der Waals surface area contributed by atoms with Gasteiger partial charge in [0, 0.05) is 11.1 Å². The summed E-state index contributed by atoms with van der Waals surface area (Å²) in [5.74, 6) is 1.29. The summed E-state index contributed by atoms with van der Waals surface area (Å²) in [6, 6.07) is 17.1. The summed E-state index contributed by atoms with van der Waals surface area (Å²) < 4.78 is 11.2. The van der Waals surface area contributed by atoms with Crippen LogP contribution >= 0.6 is 11.3 Å². The summed E-state index contributed by atoms with van der Waals surface area (Å²) in [5, 5.41) is 4.83. The Morgan fingerprint density at radius 2 is 1.85 bits per heavy atom. The Labute approximate surface area is 163 Å². The van der Waals surface area contributed by atoms with Gasteiger partial charge >= 0.3 is 0 Å². The van der Waals surface area contributed by atoms with E-state index in [0.717, 1.165) is 16.9 Å². The zero-order chi connectivity index (χ0) is 19.1. The van der Waals surface area contributed by atoms with Gasteiger partial charge in [-0.3, -0.25) is 4.79 Å². The number of benzene rings is 2. The molecule has 138 valence electrons. The number of ether oxygens (including phenoxy) is 2. The molecule has 0 unspecified atom stereocenters. The Morgan fingerprint density at radius 3 is 2.63 bits per heavy atom. The van der Waals surface area contributed by atoms with E-state index in [-0.39, 0.29) is 5.91 Å². The van der Waals surface area contributed by atoms with Crippen LogP contribution in [0.2, 0.25) is 0 Å². The molecule has 3 aromatic rings. The fraction of sp³-hybridized carbons (Fsp3) is 0.136. The van der Waals surface area contributed by atoms with Crippen molar-refractivity contribution in [3.05, 3.63) is 82.1 Å². The van der Waals surface area contributed by atoms with Crippen molar-refractivity contribution in [3.8, 4) is 11.5 Å². The third kappa shape index (κ3) is 4.77. The van der Waals surface area contributed by atoms with Crippen LogP contribution in [0.3, 0.4) is 0 Å². The number of thiophene rings is 1. The van der Waals surface area contributed by atoms with E-state index >= 15 is 0 Å². The molecule has 0 aliphatic rings. The Bertz CT molecular complexity index is 946. The van der Waals surface area contributed by atoms with Crippen molar-refractivity contribution < 1.29 is 14.3 Å². The third-order valence-corrected chi connectivity index (χ3v) is 4.87. The molecule has 0 bridgehead atoms. The van der Waals surface area contributed by atoms with Gasteiger partial charge in [0.15, 0.2) is 0 Å². The maximum absolute atomic E-state index is 12.5. The number of allylic oxidation sites excluding steroid dienone is 1. The molecule has 0 aliphatic carbocycles. The first-order valence-electron chi connectivity index (χ1n) is 8.57. The molecule has 1 N–H and O–H groups in total. The topological polar surface area (TPSA) is 47.6 Å². The lowest BCUT2D eigenvalue weighted by Gasteiger charge is -2.09. The van der Waals surface area contributed by atoms with Crippen LogP contribution in [0.4, 0.5) is 5.69 Å². The van der Waals surface area contributed by atoms with Crippen LogP contribution in [-0.4, -0.2) is 13.0 Å². The summed E-state index contributed by atoms with van der Waals surface area (Å²) in [5.41, 5.74) is 2.64. The van der Waals surface area contributed by atoms with Gasteiger partial charge < -0.3 is 14.8 Å². The van der Waals surface area contributed by atoms with E-state index in [2.05, 4.69) is 5.32 Å². The predicted molar refractivity (Wildman–Crippen MR) is 111 cm³/mol. The molecule has 5 heteroatoms. The first kappa shape index (κ1) is 18.7. The number of carbonyl (C=O) groups is 1. The standard InChI is InChI=1S/C22H21NO3S/c1-3-8-17-9-4-6-11-19(17)26-14-16-13-21(27-15-16)22(24)23-18-10-5-7-12-20(18)25-2/h3-13,15H,14H2,1-2H3,(H,23,24)/b8-3+. The first-order chi connectivity index (χ1) is 13.2. The number of methoxy groups -OCH3 is 1. The minimum Gasteiger partial charge on any atom is -0.495 e. The molecular formula is C22H21NO3S. The number of para-hydroxylation sites is 3. The van der Waals surface area contributed by atoms with Gasteiger partial charge in [-0.25, -0.2) is 0 Å². The van der Waals surface area contributed by atoms with Crippen molar-refractivity contribution in [3.63, 3.8) is 0 Å². The fourth-order valence-electron chi connectivity index (χ4n) is 2.59. The summed E-state index contributed by atoms with van der Waals surface area (Å²) in [6.45, 7) is 2.38. The molecule has 1 heterocycles. The van der Waals surface area contributed by atoms with Gasteiger partial charge in [-0.2, -0.15) is 0 Å². The maximum Gasteiger partial charge on any atom is 0.265 e. The molecule has 0 saturated carbocycles. The van der Waals surface area contributed by atoms with Crippen molar-refractivity contribution in [2.24, 2.45) is 0 Å². The zero-order valence-electron chi connectivity index (χ0n) is 15.3. The van der Waals surface area contributed by atoms with E-state index in [4.69, 9.17) is 9.47 Å². The monoisotopic (exact) mass is 379 g/mol. The fourth-order valence-corrected chi connectivity index (χ4v) is 3.38. The van der Waals surface area contributed by atoms with Crippen LogP contribution in [0.25, 0.3) is 6.08 Å². The lowest BCUT2D eigenvalue weighted by molar-refractivity contribution is 0.103. The number of anilines is 1. The van der Waals surface area contributed by atoms with Crippen molar-refractivity contribution in [2.45, 2.75) is 13.5 Å². The second-order valence-corrected chi connectivity index (χ2v) is 6.71. The molecule has 1 amide bonds. The van der Waals surface area contributed by atoms with Crippen molar-refractivity contribution in [2.75, 3.05) is 12.4 Å². The molecule has 1 aromatic heterocycles. The van der Waals surface area contributed by atoms with Crippen molar-refractivity contribution in [1.29, 1.82) is 0 Å². The third-order valence-electron chi connectivity index (χ3n) is 3.89. The van der Waals surface area contributed by atoms with Gasteiger partial charge in [-0.1, -0.05) is 42.5 Å². The van der Waals surface area contributed by atoms with Crippen LogP contribution in [-0.2, 0) is 6.61 Å². The molecule has 0 saturated heterocycles. The van der Waals surface area contributed by atoms with E-state index < -0.39 is 0 Å². The number of amides is 1. The van der Waals surface area contributed by atoms with Gasteiger partial charge in [-0.05, 0) is 36.6 Å². The van der Waals surface area contributed by atoms with Crippen LogP contribution in [0.15, 0.2) is 66.1 Å². The summed E-state index contributed by atoms with van der Waals surface area (Å²) >= 11 is 1.39. The van der Waals surface area contributed by atoms with Crippen LogP contribution in [0, 0.1) is 0 Å². The normalized spacial score (nSPS) is 10.7. The molecule has 27 heavy (non-hydrogen) atoms. The molecular weight excluding hydrogens is 358 g/mol. The molecule has 2 aromatic carbocycles. The Kier molecular flexibility index (Phi) is 6.28. The minimum atomic E-state index is -0.162. The molecule has 0 atom stereocenters. The van der Waals surface area contributed by atoms with E-state index in [1.807, 2.05) is 79.1 Å². The lowest BCUT2D eigenvalue weighted by atomic mass is 10.2. The average molecular weight is 379 g/mol. The Morgan fingerprint density at radius 1 is 1.11 bits per heavy atom. The predicted octanol–water partition coefficient (Wildman–Crippen LogP) is 5.62. The van der Waals surface area contributed by atoms with E-state index in [9.17, 15) is 4.79 Å².